The van der Waals surface area contributed by atoms with Crippen LogP contribution in [0.2, 0.25) is 0 Å². The summed E-state index contributed by atoms with van der Waals surface area (Å²) in [5, 5.41) is 20.5. The second-order valence-corrected chi connectivity index (χ2v) is 10.8. The number of rotatable bonds is 15. The summed E-state index contributed by atoms with van der Waals surface area (Å²) in [4.78, 5) is 34.8. The van der Waals surface area contributed by atoms with E-state index in [1.807, 2.05) is 39.7 Å². The van der Waals surface area contributed by atoms with Crippen LogP contribution in [0, 0.1) is 5.92 Å². The molecule has 220 valence electrons. The second kappa shape index (κ2) is 14.0. The lowest BCUT2D eigenvalue weighted by Crippen LogP contribution is -2.45. The van der Waals surface area contributed by atoms with Gasteiger partial charge in [-0.25, -0.2) is 4.98 Å². The van der Waals surface area contributed by atoms with Gasteiger partial charge in [0.05, 0.1) is 19.1 Å². The Morgan fingerprint density at radius 3 is 2.67 bits per heavy atom. The van der Waals surface area contributed by atoms with Crippen LogP contribution in [0.25, 0.3) is 0 Å². The highest BCUT2D eigenvalue weighted by Gasteiger charge is 2.47. The Morgan fingerprint density at radius 1 is 1.20 bits per heavy atom. The largest absolute Gasteiger partial charge is 0.481 e. The van der Waals surface area contributed by atoms with Gasteiger partial charge < -0.3 is 34.9 Å². The first-order valence-corrected chi connectivity index (χ1v) is 14.3. The van der Waals surface area contributed by atoms with E-state index < -0.39 is 17.8 Å². The van der Waals surface area contributed by atoms with Crippen LogP contribution in [-0.2, 0) is 29.7 Å². The lowest BCUT2D eigenvalue weighted by atomic mass is 9.83. The molecule has 0 bridgehead atoms. The van der Waals surface area contributed by atoms with Crippen LogP contribution < -0.4 is 15.2 Å². The van der Waals surface area contributed by atoms with Crippen molar-refractivity contribution >= 4 is 11.9 Å². The van der Waals surface area contributed by atoms with E-state index in [2.05, 4.69) is 11.9 Å². The molecule has 40 heavy (non-hydrogen) atoms. The number of carboxylic acid groups (broad SMARTS) is 1. The molecule has 0 aliphatic carbocycles. The topological polar surface area (TPSA) is 143 Å². The summed E-state index contributed by atoms with van der Waals surface area (Å²) in [5.41, 5.74) is 7.02. The van der Waals surface area contributed by atoms with Crippen LogP contribution in [0.4, 0.5) is 0 Å². The molecular formula is C29H43N5O6. The van der Waals surface area contributed by atoms with Gasteiger partial charge in [-0.2, -0.15) is 0 Å². The first kappa shape index (κ1) is 29.8. The molecule has 4 N–H and O–H groups in total. The normalized spacial score (nSPS) is 20.2. The average molecular weight is 558 g/mol. The number of aliphatic hydroxyl groups is 1. The Labute approximate surface area is 235 Å². The number of aromatic nitrogens is 2. The maximum absolute atomic E-state index is 13.6. The number of carbonyl (C=O) groups excluding carboxylic acids is 1. The number of ether oxygens (including phenoxy) is 2. The number of hydrogen-bond donors (Lipinski definition) is 3. The van der Waals surface area contributed by atoms with E-state index in [9.17, 15) is 19.8 Å². The van der Waals surface area contributed by atoms with Crippen LogP contribution in [0.1, 0.15) is 61.9 Å². The van der Waals surface area contributed by atoms with Gasteiger partial charge in [-0.05, 0) is 49.9 Å². The van der Waals surface area contributed by atoms with Gasteiger partial charge in [0.25, 0.3) is 0 Å². The van der Waals surface area contributed by atoms with Gasteiger partial charge in [0.15, 0.2) is 11.5 Å². The number of amides is 1. The average Bonchev–Trinajstić information content (AvgIpc) is 3.67. The monoisotopic (exact) mass is 557 g/mol. The van der Waals surface area contributed by atoms with Crippen molar-refractivity contribution in [1.82, 2.24) is 19.4 Å². The molecule has 0 spiro atoms. The number of hydrogen-bond acceptors (Lipinski definition) is 8. The van der Waals surface area contributed by atoms with Gasteiger partial charge in [0, 0.05) is 63.0 Å². The van der Waals surface area contributed by atoms with Gasteiger partial charge in [-0.1, -0.05) is 13.3 Å². The van der Waals surface area contributed by atoms with Crippen molar-refractivity contribution in [1.29, 1.82) is 0 Å². The van der Waals surface area contributed by atoms with E-state index in [0.717, 1.165) is 37.1 Å². The second-order valence-electron chi connectivity index (χ2n) is 10.8. The fourth-order valence-electron chi connectivity index (χ4n) is 5.97. The zero-order valence-electron chi connectivity index (χ0n) is 23.6. The molecule has 0 unspecified atom stereocenters. The summed E-state index contributed by atoms with van der Waals surface area (Å²) < 4.78 is 13.1. The number of likely N-dealkylation sites (tertiary alicyclic amines) is 1. The van der Waals surface area contributed by atoms with E-state index in [1.54, 1.807) is 6.20 Å². The van der Waals surface area contributed by atoms with Gasteiger partial charge in [-0.3, -0.25) is 14.5 Å². The van der Waals surface area contributed by atoms with E-state index in [-0.39, 0.29) is 31.9 Å². The van der Waals surface area contributed by atoms with Crippen molar-refractivity contribution < 1.29 is 29.3 Å². The molecule has 3 atom stereocenters. The Balaban J connectivity index is 1.62. The zero-order chi connectivity index (χ0) is 28.6. The molecular weight excluding hydrogens is 514 g/mol. The van der Waals surface area contributed by atoms with Gasteiger partial charge >= 0.3 is 5.97 Å². The number of aliphatic hydroxyl groups excluding tert-OH is 1. The molecule has 1 amide bonds. The summed E-state index contributed by atoms with van der Waals surface area (Å²) in [7, 11) is 1.92. The first-order valence-electron chi connectivity index (χ1n) is 14.3. The number of nitrogens with zero attached hydrogens (tertiary/aromatic N) is 4. The van der Waals surface area contributed by atoms with Crippen molar-refractivity contribution in [2.45, 2.75) is 64.0 Å². The molecule has 1 aromatic heterocycles. The third-order valence-electron chi connectivity index (χ3n) is 8.14. The van der Waals surface area contributed by atoms with Crippen LogP contribution in [-0.4, -0.2) is 87.0 Å². The van der Waals surface area contributed by atoms with Gasteiger partial charge in [0.1, 0.15) is 5.82 Å². The van der Waals surface area contributed by atoms with Crippen LogP contribution in [0.15, 0.2) is 24.5 Å². The number of benzene rings is 1. The molecule has 1 aromatic carbocycles. The number of fused-ring (bicyclic) bond motifs is 1. The lowest BCUT2D eigenvalue weighted by molar-refractivity contribution is -0.143. The van der Waals surface area contributed by atoms with Gasteiger partial charge in [0.2, 0.25) is 12.7 Å². The minimum atomic E-state index is -0.904. The number of imidazole rings is 1. The Kier molecular flexibility index (Phi) is 10.4. The predicted molar refractivity (Wildman–Crippen MR) is 149 cm³/mol. The highest BCUT2D eigenvalue weighted by atomic mass is 16.7. The Hall–Kier alpha value is -3.15. The molecule has 1 fully saturated rings. The first-order chi connectivity index (χ1) is 19.4. The Bertz CT molecular complexity index is 1150. The SMILES string of the molecule is CCCCN(CCCCN)C(=O)CN1C[C@H](c2cc(CO)c3c(c2)OCO3)[C@@H](C(=O)O)[C@@H]1CCc1nccn1C. The fraction of sp³-hybridized carbons (Fsp3) is 0.621. The number of nitrogens with two attached hydrogens (primary N) is 1. The molecule has 3 heterocycles. The van der Waals surface area contributed by atoms with Crippen molar-refractivity contribution in [2.24, 2.45) is 18.7 Å². The Morgan fingerprint density at radius 2 is 2.00 bits per heavy atom. The van der Waals surface area contributed by atoms with Crippen molar-refractivity contribution in [3.8, 4) is 11.5 Å². The molecule has 2 aliphatic rings. The van der Waals surface area contributed by atoms with E-state index >= 15 is 0 Å². The van der Waals surface area contributed by atoms with Gasteiger partial charge in [-0.15, -0.1) is 0 Å². The van der Waals surface area contributed by atoms with Crippen LogP contribution in [0.5, 0.6) is 11.5 Å². The third kappa shape index (κ3) is 6.76. The number of carbonyl (C=O) groups is 2. The molecule has 2 aliphatic heterocycles. The van der Waals surface area contributed by atoms with E-state index in [1.165, 1.54) is 0 Å². The van der Waals surface area contributed by atoms with E-state index in [0.29, 0.717) is 56.1 Å². The third-order valence-corrected chi connectivity index (χ3v) is 8.14. The minimum Gasteiger partial charge on any atom is -0.481 e. The summed E-state index contributed by atoms with van der Waals surface area (Å²) in [5.74, 6) is -0.151. The predicted octanol–water partition coefficient (Wildman–Crippen LogP) is 2.11. The summed E-state index contributed by atoms with van der Waals surface area (Å²) in [6.07, 6.45) is 8.34. The fourth-order valence-corrected chi connectivity index (χ4v) is 5.97. The number of aliphatic carboxylic acids is 1. The number of aryl methyl sites for hydroxylation is 2. The van der Waals surface area contributed by atoms with Crippen molar-refractivity contribution in [3.05, 3.63) is 41.5 Å². The van der Waals surface area contributed by atoms with Crippen molar-refractivity contribution in [3.63, 3.8) is 0 Å². The highest BCUT2D eigenvalue weighted by molar-refractivity contribution is 5.79. The maximum Gasteiger partial charge on any atom is 0.308 e. The molecule has 11 heteroatoms. The molecule has 11 nitrogen and oxygen atoms in total. The number of unbranched alkanes of at least 4 members (excludes halogenated alkanes) is 2. The van der Waals surface area contributed by atoms with E-state index in [4.69, 9.17) is 15.2 Å². The summed E-state index contributed by atoms with van der Waals surface area (Å²) >= 11 is 0. The smallest absolute Gasteiger partial charge is 0.308 e. The quantitative estimate of drug-likeness (QED) is 0.281. The lowest BCUT2D eigenvalue weighted by Gasteiger charge is -2.29. The number of carboxylic acids is 1. The maximum atomic E-state index is 13.6. The summed E-state index contributed by atoms with van der Waals surface area (Å²) in [6, 6.07) is 3.27. The molecule has 2 aromatic rings. The minimum absolute atomic E-state index is 0.0129. The van der Waals surface area contributed by atoms with Crippen LogP contribution in [0.3, 0.4) is 0 Å². The highest BCUT2D eigenvalue weighted by Crippen LogP contribution is 2.44. The zero-order valence-corrected chi connectivity index (χ0v) is 23.6. The standard InChI is InChI=1S/C29H43N5O6/c1-3-4-11-33(12-6-5-9-30)26(36)17-34-16-22(20-14-21(18-35)28-24(15-20)39-19-40-28)27(29(37)38)23(34)7-8-25-31-10-13-32(25)2/h10,13-15,22-23,27,35H,3-9,11-12,16-19,30H2,1-2H3,(H,37,38)/t22-,23+,27-/m1/s1. The molecule has 1 saturated heterocycles. The molecule has 0 radical (unpaired) electrons. The molecule has 4 rings (SSSR count). The van der Waals surface area contributed by atoms with Crippen LogP contribution >= 0.6 is 0 Å². The summed E-state index contributed by atoms with van der Waals surface area (Å²) in [6.45, 7) is 4.38. The van der Waals surface area contributed by atoms with Crippen molar-refractivity contribution in [2.75, 3.05) is 39.5 Å². The molecule has 0 saturated carbocycles.